The summed E-state index contributed by atoms with van der Waals surface area (Å²) in [6.45, 7) is 2.42. The van der Waals surface area contributed by atoms with Crippen LogP contribution >= 0.6 is 0 Å². The Labute approximate surface area is 90.7 Å². The number of aryl methyl sites for hydroxylation is 1. The molecule has 3 nitrogen and oxygen atoms in total. The van der Waals surface area contributed by atoms with Crippen LogP contribution < -0.4 is 11.1 Å². The van der Waals surface area contributed by atoms with Crippen LogP contribution in [-0.2, 0) is 11.2 Å². The number of carbonyl (C=O) groups excluding carboxylic acids is 1. The lowest BCUT2D eigenvalue weighted by molar-refractivity contribution is -0.121. The van der Waals surface area contributed by atoms with E-state index >= 15 is 0 Å². The van der Waals surface area contributed by atoms with E-state index in [0.29, 0.717) is 13.0 Å². The van der Waals surface area contributed by atoms with Crippen molar-refractivity contribution in [3.05, 3.63) is 35.9 Å². The molecule has 0 heterocycles. The fraction of sp³-hybridized carbons (Fsp3) is 0.417. The lowest BCUT2D eigenvalue weighted by Crippen LogP contribution is -2.35. The summed E-state index contributed by atoms with van der Waals surface area (Å²) in [5.41, 5.74) is 6.72. The zero-order chi connectivity index (χ0) is 11.1. The number of nitrogens with two attached hydrogens (primary N) is 1. The Morgan fingerprint density at radius 3 is 2.67 bits per heavy atom. The van der Waals surface area contributed by atoms with Crippen molar-refractivity contribution in [2.45, 2.75) is 25.8 Å². The van der Waals surface area contributed by atoms with Crippen molar-refractivity contribution in [1.82, 2.24) is 5.32 Å². The Morgan fingerprint density at radius 2 is 2.07 bits per heavy atom. The van der Waals surface area contributed by atoms with Crippen LogP contribution in [0.2, 0.25) is 0 Å². The zero-order valence-electron chi connectivity index (χ0n) is 9.07. The molecule has 1 aromatic rings. The minimum Gasteiger partial charge on any atom is -0.355 e. The first-order chi connectivity index (χ1) is 7.18. The highest BCUT2D eigenvalue weighted by atomic mass is 16.1. The quantitative estimate of drug-likeness (QED) is 0.757. The predicted molar refractivity (Wildman–Crippen MR) is 61.4 cm³/mol. The number of amides is 1. The molecule has 0 aromatic heterocycles. The van der Waals surface area contributed by atoms with E-state index in [1.165, 1.54) is 5.56 Å². The summed E-state index contributed by atoms with van der Waals surface area (Å²) in [5, 5.41) is 2.79. The summed E-state index contributed by atoms with van der Waals surface area (Å²) >= 11 is 0. The third kappa shape index (κ3) is 5.18. The standard InChI is InChI=1S/C12H18N2O/c1-10(13)9-14-12(15)8-7-11-5-3-2-4-6-11/h2-6,10H,7-9,13H2,1H3,(H,14,15). The van der Waals surface area contributed by atoms with Gasteiger partial charge in [-0.15, -0.1) is 0 Å². The molecule has 0 saturated heterocycles. The summed E-state index contributed by atoms with van der Waals surface area (Å²) in [4.78, 5) is 11.4. The predicted octanol–water partition coefficient (Wildman–Crippen LogP) is 1.08. The normalized spacial score (nSPS) is 12.1. The molecule has 0 aliphatic rings. The summed E-state index contributed by atoms with van der Waals surface area (Å²) in [7, 11) is 0. The van der Waals surface area contributed by atoms with Crippen LogP contribution in [0.5, 0.6) is 0 Å². The molecule has 15 heavy (non-hydrogen) atoms. The zero-order valence-corrected chi connectivity index (χ0v) is 9.07. The minimum atomic E-state index is 0.0191. The van der Waals surface area contributed by atoms with Crippen molar-refractivity contribution in [3.63, 3.8) is 0 Å². The van der Waals surface area contributed by atoms with Gasteiger partial charge in [-0.05, 0) is 18.9 Å². The summed E-state index contributed by atoms with van der Waals surface area (Å²) in [5.74, 6) is 0.0659. The third-order valence-corrected chi connectivity index (χ3v) is 2.10. The van der Waals surface area contributed by atoms with Gasteiger partial charge in [0.1, 0.15) is 0 Å². The average Bonchev–Trinajstić information content (AvgIpc) is 2.25. The molecule has 1 amide bonds. The van der Waals surface area contributed by atoms with Gasteiger partial charge in [-0.2, -0.15) is 0 Å². The molecule has 0 bridgehead atoms. The molecule has 82 valence electrons. The fourth-order valence-electron chi connectivity index (χ4n) is 1.27. The maximum absolute atomic E-state index is 11.4. The Balaban J connectivity index is 2.23. The van der Waals surface area contributed by atoms with Crippen molar-refractivity contribution < 1.29 is 4.79 Å². The second-order valence-corrected chi connectivity index (χ2v) is 3.77. The Bertz CT molecular complexity index is 296. The maximum atomic E-state index is 11.4. The van der Waals surface area contributed by atoms with E-state index in [1.54, 1.807) is 0 Å². The fourth-order valence-corrected chi connectivity index (χ4v) is 1.27. The topological polar surface area (TPSA) is 55.1 Å². The SMILES string of the molecule is CC(N)CNC(=O)CCc1ccccc1. The third-order valence-electron chi connectivity index (χ3n) is 2.10. The van der Waals surface area contributed by atoms with E-state index in [1.807, 2.05) is 37.3 Å². The molecule has 1 rings (SSSR count). The molecule has 1 aromatic carbocycles. The van der Waals surface area contributed by atoms with Gasteiger partial charge in [0, 0.05) is 19.0 Å². The van der Waals surface area contributed by atoms with E-state index in [4.69, 9.17) is 5.73 Å². The second-order valence-electron chi connectivity index (χ2n) is 3.77. The number of carbonyl (C=O) groups is 1. The van der Waals surface area contributed by atoms with Gasteiger partial charge in [0.05, 0.1) is 0 Å². The molecular weight excluding hydrogens is 188 g/mol. The molecule has 0 spiro atoms. The second kappa shape index (κ2) is 6.19. The lowest BCUT2D eigenvalue weighted by atomic mass is 10.1. The van der Waals surface area contributed by atoms with Gasteiger partial charge in [0.15, 0.2) is 0 Å². The van der Waals surface area contributed by atoms with Gasteiger partial charge < -0.3 is 11.1 Å². The first-order valence-electron chi connectivity index (χ1n) is 5.24. The monoisotopic (exact) mass is 206 g/mol. The van der Waals surface area contributed by atoms with Crippen molar-refractivity contribution in [1.29, 1.82) is 0 Å². The number of rotatable bonds is 5. The van der Waals surface area contributed by atoms with E-state index in [2.05, 4.69) is 5.32 Å². The van der Waals surface area contributed by atoms with Gasteiger partial charge >= 0.3 is 0 Å². The van der Waals surface area contributed by atoms with Gasteiger partial charge in [0.25, 0.3) is 0 Å². The van der Waals surface area contributed by atoms with Crippen molar-refractivity contribution >= 4 is 5.91 Å². The van der Waals surface area contributed by atoms with Crippen molar-refractivity contribution in [2.75, 3.05) is 6.54 Å². The average molecular weight is 206 g/mol. The summed E-state index contributed by atoms with van der Waals surface area (Å²) < 4.78 is 0. The van der Waals surface area contributed by atoms with Crippen LogP contribution in [0.15, 0.2) is 30.3 Å². The maximum Gasteiger partial charge on any atom is 0.220 e. The Morgan fingerprint density at radius 1 is 1.40 bits per heavy atom. The molecule has 0 fully saturated rings. The molecule has 1 atom stereocenters. The van der Waals surface area contributed by atoms with Crippen LogP contribution in [-0.4, -0.2) is 18.5 Å². The minimum absolute atomic E-state index is 0.0191. The molecule has 0 aliphatic carbocycles. The van der Waals surface area contributed by atoms with Gasteiger partial charge in [0.2, 0.25) is 5.91 Å². The van der Waals surface area contributed by atoms with Crippen molar-refractivity contribution in [2.24, 2.45) is 5.73 Å². The van der Waals surface area contributed by atoms with Crippen LogP contribution in [0.4, 0.5) is 0 Å². The molecule has 0 radical (unpaired) electrons. The largest absolute Gasteiger partial charge is 0.355 e. The van der Waals surface area contributed by atoms with Gasteiger partial charge in [-0.3, -0.25) is 4.79 Å². The van der Waals surface area contributed by atoms with Crippen LogP contribution in [0.25, 0.3) is 0 Å². The van der Waals surface area contributed by atoms with E-state index in [9.17, 15) is 4.79 Å². The highest BCUT2D eigenvalue weighted by Gasteiger charge is 2.02. The lowest BCUT2D eigenvalue weighted by Gasteiger charge is -2.07. The smallest absolute Gasteiger partial charge is 0.220 e. The van der Waals surface area contributed by atoms with Crippen molar-refractivity contribution in [3.8, 4) is 0 Å². The Kier molecular flexibility index (Phi) is 4.84. The molecule has 1 unspecified atom stereocenters. The van der Waals surface area contributed by atoms with Gasteiger partial charge in [-0.1, -0.05) is 30.3 Å². The van der Waals surface area contributed by atoms with E-state index in [0.717, 1.165) is 6.42 Å². The highest BCUT2D eigenvalue weighted by Crippen LogP contribution is 2.01. The number of hydrogen-bond donors (Lipinski definition) is 2. The van der Waals surface area contributed by atoms with Crippen LogP contribution in [0.3, 0.4) is 0 Å². The van der Waals surface area contributed by atoms with Crippen LogP contribution in [0.1, 0.15) is 18.9 Å². The van der Waals surface area contributed by atoms with Crippen LogP contribution in [0, 0.1) is 0 Å². The molecule has 0 aliphatic heterocycles. The molecule has 3 N–H and O–H groups in total. The van der Waals surface area contributed by atoms with Gasteiger partial charge in [-0.25, -0.2) is 0 Å². The summed E-state index contributed by atoms with van der Waals surface area (Å²) in [6, 6.07) is 10.0. The highest BCUT2D eigenvalue weighted by molar-refractivity contribution is 5.76. The molecule has 0 saturated carbocycles. The number of nitrogens with one attached hydrogen (secondary N) is 1. The first-order valence-corrected chi connectivity index (χ1v) is 5.24. The number of benzene rings is 1. The van der Waals surface area contributed by atoms with E-state index < -0.39 is 0 Å². The van der Waals surface area contributed by atoms with E-state index in [-0.39, 0.29) is 11.9 Å². The summed E-state index contributed by atoms with van der Waals surface area (Å²) in [6.07, 6.45) is 1.31. The Hall–Kier alpha value is -1.35. The first kappa shape index (κ1) is 11.7. The molecule has 3 heteroatoms. The molecular formula is C12H18N2O. The number of hydrogen-bond acceptors (Lipinski definition) is 2.